The molecule has 5 nitrogen and oxygen atoms in total. The summed E-state index contributed by atoms with van der Waals surface area (Å²) in [5, 5.41) is 10.6. The van der Waals surface area contributed by atoms with Crippen molar-refractivity contribution in [2.24, 2.45) is 0 Å². The molecule has 0 unspecified atom stereocenters. The molecule has 124 valence electrons. The predicted octanol–water partition coefficient (Wildman–Crippen LogP) is 2.95. The number of hydrogen-bond acceptors (Lipinski definition) is 3. The summed E-state index contributed by atoms with van der Waals surface area (Å²) in [5.74, 6) is -1.71. The molecule has 3 rings (SSSR count). The molecule has 0 aliphatic heterocycles. The minimum absolute atomic E-state index is 0.0937. The summed E-state index contributed by atoms with van der Waals surface area (Å²) in [6.45, 7) is -0.518. The number of amides is 1. The molecule has 2 aromatic carbocycles. The Bertz CT molecular complexity index is 732. The predicted molar refractivity (Wildman–Crippen MR) is 85.6 cm³/mol. The summed E-state index contributed by atoms with van der Waals surface area (Å²) in [5.41, 5.74) is 4.36. The molecule has 6 heteroatoms. The Morgan fingerprint density at radius 3 is 2.17 bits per heavy atom. The molecular formula is C18H16FNO4. The minimum atomic E-state index is -2.15. The van der Waals surface area contributed by atoms with Crippen LogP contribution in [0.2, 0.25) is 0 Å². The van der Waals surface area contributed by atoms with Gasteiger partial charge in [-0.3, -0.25) is 0 Å². The van der Waals surface area contributed by atoms with Crippen LogP contribution in [0.25, 0.3) is 11.1 Å². The first-order valence-electron chi connectivity index (χ1n) is 7.53. The second-order valence-electron chi connectivity index (χ2n) is 5.51. The van der Waals surface area contributed by atoms with Crippen molar-refractivity contribution in [1.29, 1.82) is 0 Å². The van der Waals surface area contributed by atoms with E-state index in [0.29, 0.717) is 0 Å². The zero-order valence-corrected chi connectivity index (χ0v) is 12.7. The van der Waals surface area contributed by atoms with E-state index in [4.69, 9.17) is 9.84 Å². The van der Waals surface area contributed by atoms with Crippen LogP contribution in [0.15, 0.2) is 48.5 Å². The van der Waals surface area contributed by atoms with E-state index < -0.39 is 24.8 Å². The maximum atomic E-state index is 13.0. The van der Waals surface area contributed by atoms with E-state index in [1.165, 1.54) is 0 Å². The number of ether oxygens (including phenoxy) is 1. The lowest BCUT2D eigenvalue weighted by molar-refractivity contribution is -0.142. The number of aliphatic carboxylic acids is 1. The quantitative estimate of drug-likeness (QED) is 0.884. The Morgan fingerprint density at radius 1 is 1.08 bits per heavy atom. The first kappa shape index (κ1) is 16.0. The molecule has 2 aromatic rings. The summed E-state index contributed by atoms with van der Waals surface area (Å²) >= 11 is 0. The fraction of sp³-hybridized carbons (Fsp3) is 0.222. The number of fused-ring (bicyclic) bond motifs is 3. The van der Waals surface area contributed by atoms with Crippen molar-refractivity contribution in [3.05, 3.63) is 59.7 Å². The number of rotatable bonds is 5. The number of hydrogen-bond donors (Lipinski definition) is 2. The molecule has 0 aromatic heterocycles. The van der Waals surface area contributed by atoms with Gasteiger partial charge < -0.3 is 15.2 Å². The van der Waals surface area contributed by atoms with Crippen molar-refractivity contribution in [3.63, 3.8) is 0 Å². The molecule has 1 aliphatic rings. The van der Waals surface area contributed by atoms with Crippen molar-refractivity contribution >= 4 is 12.1 Å². The van der Waals surface area contributed by atoms with E-state index in [9.17, 15) is 14.0 Å². The minimum Gasteiger partial charge on any atom is -0.479 e. The van der Waals surface area contributed by atoms with Gasteiger partial charge in [0.2, 0.25) is 6.17 Å². The number of alkyl carbamates (subject to hydrolysis) is 1. The van der Waals surface area contributed by atoms with Crippen molar-refractivity contribution in [3.8, 4) is 11.1 Å². The highest BCUT2D eigenvalue weighted by Crippen LogP contribution is 2.44. The zero-order valence-electron chi connectivity index (χ0n) is 12.7. The Balaban J connectivity index is 1.67. The van der Waals surface area contributed by atoms with Crippen molar-refractivity contribution in [1.82, 2.24) is 5.32 Å². The molecule has 0 heterocycles. The van der Waals surface area contributed by atoms with Crippen molar-refractivity contribution in [2.75, 3.05) is 13.2 Å². The molecule has 0 saturated heterocycles. The molecule has 1 aliphatic carbocycles. The van der Waals surface area contributed by atoms with Crippen LogP contribution in [0.5, 0.6) is 0 Å². The van der Waals surface area contributed by atoms with Crippen LogP contribution in [0.1, 0.15) is 17.0 Å². The summed E-state index contributed by atoms with van der Waals surface area (Å²) < 4.78 is 18.1. The van der Waals surface area contributed by atoms with Crippen LogP contribution in [0.4, 0.5) is 9.18 Å². The number of carboxylic acids is 1. The maximum Gasteiger partial charge on any atom is 0.407 e. The van der Waals surface area contributed by atoms with Gasteiger partial charge in [-0.2, -0.15) is 0 Å². The normalized spacial score (nSPS) is 13.7. The fourth-order valence-corrected chi connectivity index (χ4v) is 2.91. The average Bonchev–Trinajstić information content (AvgIpc) is 2.92. The van der Waals surface area contributed by atoms with Crippen LogP contribution in [0.3, 0.4) is 0 Å². The Kier molecular flexibility index (Phi) is 4.46. The molecule has 0 radical (unpaired) electrons. The molecule has 0 saturated carbocycles. The monoisotopic (exact) mass is 329 g/mol. The van der Waals surface area contributed by atoms with E-state index in [0.717, 1.165) is 22.3 Å². The molecule has 1 atom stereocenters. The molecule has 2 N–H and O–H groups in total. The molecular weight excluding hydrogens is 313 g/mol. The van der Waals surface area contributed by atoms with Gasteiger partial charge >= 0.3 is 12.1 Å². The summed E-state index contributed by atoms with van der Waals surface area (Å²) in [6, 6.07) is 15.8. The number of carbonyl (C=O) groups excluding carboxylic acids is 1. The number of alkyl halides is 1. The van der Waals surface area contributed by atoms with Crippen LogP contribution < -0.4 is 5.32 Å². The number of benzene rings is 2. The lowest BCUT2D eigenvalue weighted by Crippen LogP contribution is -2.35. The fourth-order valence-electron chi connectivity index (χ4n) is 2.91. The molecule has 1 amide bonds. The van der Waals surface area contributed by atoms with E-state index in [1.54, 1.807) is 0 Å². The van der Waals surface area contributed by atoms with Crippen LogP contribution in [-0.2, 0) is 9.53 Å². The molecule has 0 bridgehead atoms. The Morgan fingerprint density at radius 2 is 1.62 bits per heavy atom. The molecule has 0 spiro atoms. The van der Waals surface area contributed by atoms with Gasteiger partial charge in [0.1, 0.15) is 6.61 Å². The largest absolute Gasteiger partial charge is 0.479 e. The number of carbonyl (C=O) groups is 2. The van der Waals surface area contributed by atoms with Gasteiger partial charge in [0.25, 0.3) is 0 Å². The number of halogens is 1. The lowest BCUT2D eigenvalue weighted by atomic mass is 9.98. The summed E-state index contributed by atoms with van der Waals surface area (Å²) in [6.07, 6.45) is -2.98. The van der Waals surface area contributed by atoms with Gasteiger partial charge in [0.15, 0.2) is 0 Å². The van der Waals surface area contributed by atoms with Crippen LogP contribution in [0, 0.1) is 0 Å². The number of nitrogens with one attached hydrogen (secondary N) is 1. The van der Waals surface area contributed by atoms with Gasteiger partial charge in [0.05, 0.1) is 6.54 Å². The molecule has 0 fully saturated rings. The highest BCUT2D eigenvalue weighted by Gasteiger charge is 2.29. The first-order valence-corrected chi connectivity index (χ1v) is 7.53. The zero-order chi connectivity index (χ0) is 17.1. The third kappa shape index (κ3) is 3.08. The SMILES string of the molecule is O=C(NC[C@H](F)C(=O)O)OCC1c2ccccc2-c2ccccc21. The van der Waals surface area contributed by atoms with Crippen molar-refractivity contribution < 1.29 is 23.8 Å². The van der Waals surface area contributed by atoms with E-state index in [-0.39, 0.29) is 12.5 Å². The van der Waals surface area contributed by atoms with Crippen LogP contribution in [-0.4, -0.2) is 36.5 Å². The van der Waals surface area contributed by atoms with Gasteiger partial charge in [-0.25, -0.2) is 14.0 Å². The average molecular weight is 329 g/mol. The van der Waals surface area contributed by atoms with Gasteiger partial charge in [-0.05, 0) is 22.3 Å². The topological polar surface area (TPSA) is 75.6 Å². The van der Waals surface area contributed by atoms with Crippen molar-refractivity contribution in [2.45, 2.75) is 12.1 Å². The second-order valence-corrected chi connectivity index (χ2v) is 5.51. The molecule has 24 heavy (non-hydrogen) atoms. The Hall–Kier alpha value is -2.89. The van der Waals surface area contributed by atoms with E-state index >= 15 is 0 Å². The smallest absolute Gasteiger partial charge is 0.407 e. The highest BCUT2D eigenvalue weighted by molar-refractivity contribution is 5.79. The standard InChI is InChI=1S/C18H16FNO4/c19-16(17(21)22)9-20-18(23)24-10-15-13-7-3-1-5-11(13)12-6-2-4-8-14(12)15/h1-8,15-16H,9-10H2,(H,20,23)(H,21,22)/t16-/m0/s1. The van der Waals surface area contributed by atoms with E-state index in [1.807, 2.05) is 48.5 Å². The van der Waals surface area contributed by atoms with Gasteiger partial charge in [-0.1, -0.05) is 48.5 Å². The summed E-state index contributed by atoms with van der Waals surface area (Å²) in [4.78, 5) is 22.0. The lowest BCUT2D eigenvalue weighted by Gasteiger charge is -2.14. The Labute approximate surface area is 138 Å². The number of carboxylic acid groups (broad SMARTS) is 1. The van der Waals surface area contributed by atoms with E-state index in [2.05, 4.69) is 5.32 Å². The maximum absolute atomic E-state index is 13.0. The highest BCUT2D eigenvalue weighted by atomic mass is 19.1. The van der Waals surface area contributed by atoms with Gasteiger partial charge in [0, 0.05) is 5.92 Å². The first-order chi connectivity index (χ1) is 11.6. The second kappa shape index (κ2) is 6.70. The van der Waals surface area contributed by atoms with Gasteiger partial charge in [-0.15, -0.1) is 0 Å². The third-order valence-corrected chi connectivity index (χ3v) is 4.04. The summed E-state index contributed by atoms with van der Waals surface area (Å²) in [7, 11) is 0. The van der Waals surface area contributed by atoms with Crippen LogP contribution >= 0.6 is 0 Å². The third-order valence-electron chi connectivity index (χ3n) is 4.04.